The number of benzene rings is 2. The highest BCUT2D eigenvalue weighted by Gasteiger charge is 2.21. The minimum atomic E-state index is -4.03. The first kappa shape index (κ1) is 15.8. The van der Waals surface area contributed by atoms with Gasteiger partial charge in [-0.05, 0) is 35.0 Å². The predicted octanol–water partition coefficient (Wildman–Crippen LogP) is 3.98. The van der Waals surface area contributed by atoms with E-state index in [1.54, 1.807) is 19.1 Å². The molecular weight excluding hydrogens is 371 g/mol. The second-order valence-electron chi connectivity index (χ2n) is 4.27. The lowest BCUT2D eigenvalue weighted by Crippen LogP contribution is -2.14. The minimum Gasteiger partial charge on any atom is -0.278 e. The molecule has 2 rings (SSSR count). The summed E-state index contributed by atoms with van der Waals surface area (Å²) >= 11 is 2.69. The minimum absolute atomic E-state index is 0.0786. The van der Waals surface area contributed by atoms with E-state index in [0.717, 1.165) is 5.56 Å². The Morgan fingerprint density at radius 2 is 1.62 bits per heavy atom. The van der Waals surface area contributed by atoms with Gasteiger partial charge in [0.2, 0.25) is 0 Å². The van der Waals surface area contributed by atoms with Crippen LogP contribution in [0.5, 0.6) is 0 Å². The molecule has 0 aliphatic carbocycles. The molecule has 0 fully saturated rings. The van der Waals surface area contributed by atoms with Crippen LogP contribution in [0.4, 0.5) is 18.9 Å². The van der Waals surface area contributed by atoms with Crippen molar-refractivity contribution < 1.29 is 21.6 Å². The van der Waals surface area contributed by atoms with Crippen molar-refractivity contribution in [3.63, 3.8) is 0 Å². The van der Waals surface area contributed by atoms with Gasteiger partial charge >= 0.3 is 0 Å². The zero-order valence-corrected chi connectivity index (χ0v) is 13.0. The van der Waals surface area contributed by atoms with E-state index in [2.05, 4.69) is 15.9 Å². The average molecular weight is 380 g/mol. The van der Waals surface area contributed by atoms with Crippen LogP contribution >= 0.6 is 15.9 Å². The summed E-state index contributed by atoms with van der Waals surface area (Å²) in [6.45, 7) is 1.78. The Hall–Kier alpha value is -1.54. The number of rotatable bonds is 3. The van der Waals surface area contributed by atoms with E-state index in [1.165, 1.54) is 12.1 Å². The first-order chi connectivity index (χ1) is 9.72. The van der Waals surface area contributed by atoms with E-state index >= 15 is 0 Å². The molecule has 0 heterocycles. The molecule has 0 saturated heterocycles. The summed E-state index contributed by atoms with van der Waals surface area (Å²) in [4.78, 5) is -0.0786. The lowest BCUT2D eigenvalue weighted by Gasteiger charge is -2.11. The maximum atomic E-state index is 13.4. The maximum Gasteiger partial charge on any atom is 0.261 e. The molecule has 0 spiro atoms. The van der Waals surface area contributed by atoms with Crippen molar-refractivity contribution in [2.75, 3.05) is 4.72 Å². The molecule has 0 radical (unpaired) electrons. The van der Waals surface area contributed by atoms with Gasteiger partial charge in [0.15, 0.2) is 17.5 Å². The van der Waals surface area contributed by atoms with Crippen LogP contribution in [0.2, 0.25) is 0 Å². The third-order valence-corrected chi connectivity index (χ3v) is 4.83. The molecule has 0 saturated carbocycles. The Labute approximate surface area is 128 Å². The van der Waals surface area contributed by atoms with Crippen LogP contribution in [0.1, 0.15) is 5.56 Å². The van der Waals surface area contributed by atoms with Crippen molar-refractivity contribution in [2.45, 2.75) is 11.8 Å². The quantitative estimate of drug-likeness (QED) is 0.647. The first-order valence-electron chi connectivity index (χ1n) is 5.65. The molecular formula is C13H9BrF3NO2S. The van der Waals surface area contributed by atoms with E-state index in [1.807, 2.05) is 4.72 Å². The number of hydrogen-bond acceptors (Lipinski definition) is 2. The van der Waals surface area contributed by atoms with Crippen LogP contribution < -0.4 is 4.72 Å². The van der Waals surface area contributed by atoms with Crippen LogP contribution in [0.25, 0.3) is 0 Å². The molecule has 3 nitrogen and oxygen atoms in total. The smallest absolute Gasteiger partial charge is 0.261 e. The third-order valence-electron chi connectivity index (χ3n) is 2.68. The number of hydrogen-bond donors (Lipinski definition) is 1. The van der Waals surface area contributed by atoms with Crippen LogP contribution in [0, 0.1) is 24.4 Å². The molecule has 2 aromatic carbocycles. The van der Waals surface area contributed by atoms with Crippen LogP contribution in [0.15, 0.2) is 39.7 Å². The van der Waals surface area contributed by atoms with Crippen molar-refractivity contribution in [2.24, 2.45) is 0 Å². The first-order valence-corrected chi connectivity index (χ1v) is 7.92. The van der Waals surface area contributed by atoms with Crippen molar-refractivity contribution in [1.82, 2.24) is 0 Å². The van der Waals surface area contributed by atoms with E-state index < -0.39 is 37.6 Å². The molecule has 0 bridgehead atoms. The summed E-state index contributed by atoms with van der Waals surface area (Å²) in [5.41, 5.74) is 0.431. The number of aryl methyl sites for hydroxylation is 1. The van der Waals surface area contributed by atoms with Crippen LogP contribution in [-0.4, -0.2) is 8.42 Å². The Morgan fingerprint density at radius 1 is 1.05 bits per heavy atom. The van der Waals surface area contributed by atoms with E-state index in [4.69, 9.17) is 0 Å². The summed E-state index contributed by atoms with van der Waals surface area (Å²) in [5, 5.41) is 0. The topological polar surface area (TPSA) is 46.2 Å². The maximum absolute atomic E-state index is 13.4. The number of halogens is 4. The number of nitrogens with one attached hydrogen (secondary N) is 1. The Kier molecular flexibility index (Phi) is 4.29. The fourth-order valence-electron chi connectivity index (χ4n) is 1.57. The van der Waals surface area contributed by atoms with Gasteiger partial charge in [-0.2, -0.15) is 0 Å². The van der Waals surface area contributed by atoms with Gasteiger partial charge < -0.3 is 0 Å². The summed E-state index contributed by atoms with van der Waals surface area (Å²) in [7, 11) is -4.03. The molecule has 2 aromatic rings. The highest BCUT2D eigenvalue weighted by atomic mass is 79.9. The monoisotopic (exact) mass is 379 g/mol. The molecule has 0 aromatic heterocycles. The summed E-state index contributed by atoms with van der Waals surface area (Å²) in [6.07, 6.45) is 0. The van der Waals surface area contributed by atoms with Crippen molar-refractivity contribution in [3.05, 3.63) is 57.8 Å². The molecule has 0 atom stereocenters. The van der Waals surface area contributed by atoms with Gasteiger partial charge in [0.1, 0.15) is 0 Å². The number of anilines is 1. The molecule has 112 valence electrons. The Balaban J connectivity index is 2.44. The van der Waals surface area contributed by atoms with Crippen molar-refractivity contribution >= 4 is 31.6 Å². The molecule has 0 unspecified atom stereocenters. The SMILES string of the molecule is Cc1ccc(S(=O)(=O)Nc2cc(F)c(F)c(F)c2Br)cc1. The molecule has 1 N–H and O–H groups in total. The number of sulfonamides is 1. The summed E-state index contributed by atoms with van der Waals surface area (Å²) in [6, 6.07) is 6.42. The lowest BCUT2D eigenvalue weighted by atomic mass is 10.2. The van der Waals surface area contributed by atoms with Gasteiger partial charge in [-0.1, -0.05) is 17.7 Å². The lowest BCUT2D eigenvalue weighted by molar-refractivity contribution is 0.445. The van der Waals surface area contributed by atoms with Gasteiger partial charge in [-0.3, -0.25) is 4.72 Å². The van der Waals surface area contributed by atoms with Gasteiger partial charge in [0, 0.05) is 6.07 Å². The van der Waals surface area contributed by atoms with E-state index in [-0.39, 0.29) is 4.90 Å². The average Bonchev–Trinajstić information content (AvgIpc) is 2.42. The highest BCUT2D eigenvalue weighted by Crippen LogP contribution is 2.31. The fourth-order valence-corrected chi connectivity index (χ4v) is 3.15. The second-order valence-corrected chi connectivity index (χ2v) is 6.74. The Bertz CT molecular complexity index is 792. The highest BCUT2D eigenvalue weighted by molar-refractivity contribution is 9.10. The molecule has 0 amide bonds. The van der Waals surface area contributed by atoms with Gasteiger partial charge in [0.05, 0.1) is 15.1 Å². The Morgan fingerprint density at radius 3 is 2.19 bits per heavy atom. The third kappa shape index (κ3) is 3.21. The zero-order valence-electron chi connectivity index (χ0n) is 10.6. The van der Waals surface area contributed by atoms with Crippen molar-refractivity contribution in [1.29, 1.82) is 0 Å². The summed E-state index contributed by atoms with van der Waals surface area (Å²) in [5.74, 6) is -4.67. The second kappa shape index (κ2) is 5.69. The normalized spacial score (nSPS) is 11.5. The molecule has 0 aliphatic heterocycles. The van der Waals surface area contributed by atoms with Crippen LogP contribution in [-0.2, 0) is 10.0 Å². The van der Waals surface area contributed by atoms with Gasteiger partial charge in [-0.25, -0.2) is 21.6 Å². The van der Waals surface area contributed by atoms with Crippen molar-refractivity contribution in [3.8, 4) is 0 Å². The molecule has 21 heavy (non-hydrogen) atoms. The van der Waals surface area contributed by atoms with E-state index in [9.17, 15) is 21.6 Å². The predicted molar refractivity (Wildman–Crippen MR) is 76.0 cm³/mol. The standard InChI is InChI=1S/C13H9BrF3NO2S/c1-7-2-4-8(5-3-7)21(19,20)18-10-6-9(15)12(16)13(17)11(10)14/h2-6,18H,1H3. The van der Waals surface area contributed by atoms with Gasteiger partial charge in [0.25, 0.3) is 10.0 Å². The van der Waals surface area contributed by atoms with Crippen LogP contribution in [0.3, 0.4) is 0 Å². The molecule has 0 aliphatic rings. The largest absolute Gasteiger partial charge is 0.278 e. The van der Waals surface area contributed by atoms with E-state index in [0.29, 0.717) is 6.07 Å². The van der Waals surface area contributed by atoms with Gasteiger partial charge in [-0.15, -0.1) is 0 Å². The molecule has 8 heteroatoms. The fraction of sp³-hybridized carbons (Fsp3) is 0.0769. The zero-order chi connectivity index (χ0) is 15.8. The summed E-state index contributed by atoms with van der Waals surface area (Å²) < 4.78 is 65.3.